The summed E-state index contributed by atoms with van der Waals surface area (Å²) >= 11 is 0. The van der Waals surface area contributed by atoms with Gasteiger partial charge in [-0.05, 0) is 43.6 Å². The van der Waals surface area contributed by atoms with E-state index in [9.17, 15) is 9.59 Å². The number of carbonyl (C=O) groups is 2. The number of hydrogen-bond acceptors (Lipinski definition) is 3. The maximum Gasteiger partial charge on any atom is 0.254 e. The molecule has 1 saturated heterocycles. The Kier molecular flexibility index (Phi) is 3.87. The average molecular weight is 316 g/mol. The predicted molar refractivity (Wildman–Crippen MR) is 84.7 cm³/mol. The summed E-state index contributed by atoms with van der Waals surface area (Å²) in [6.07, 6.45) is 9.75. The number of likely N-dealkylation sites (tertiary alicyclic amines) is 1. The molecule has 124 valence electrons. The summed E-state index contributed by atoms with van der Waals surface area (Å²) in [6, 6.07) is 1.82. The smallest absolute Gasteiger partial charge is 0.254 e. The number of nitrogens with one attached hydrogen (secondary N) is 1. The Balaban J connectivity index is 1.26. The number of furan rings is 1. The van der Waals surface area contributed by atoms with Crippen LogP contribution >= 0.6 is 0 Å². The van der Waals surface area contributed by atoms with E-state index in [1.807, 2.05) is 4.90 Å². The van der Waals surface area contributed by atoms with E-state index in [2.05, 4.69) is 5.32 Å². The molecule has 2 saturated carbocycles. The number of hydrogen-bond donors (Lipinski definition) is 1. The molecule has 3 fully saturated rings. The Hall–Kier alpha value is -1.78. The Morgan fingerprint density at radius 3 is 2.39 bits per heavy atom. The number of piperidine rings is 1. The molecule has 1 aromatic heterocycles. The van der Waals surface area contributed by atoms with Crippen LogP contribution in [0.2, 0.25) is 0 Å². The van der Waals surface area contributed by atoms with Gasteiger partial charge in [-0.25, -0.2) is 0 Å². The Labute approximate surface area is 136 Å². The van der Waals surface area contributed by atoms with E-state index >= 15 is 0 Å². The van der Waals surface area contributed by atoms with Crippen molar-refractivity contribution in [3.8, 4) is 0 Å². The van der Waals surface area contributed by atoms with Crippen LogP contribution in [0.3, 0.4) is 0 Å². The lowest BCUT2D eigenvalue weighted by atomic mass is 10.0. The van der Waals surface area contributed by atoms with Crippen LogP contribution in [0.5, 0.6) is 0 Å². The van der Waals surface area contributed by atoms with Gasteiger partial charge in [-0.1, -0.05) is 12.8 Å². The minimum Gasteiger partial charge on any atom is -0.472 e. The Bertz CT molecular complexity index is 563. The van der Waals surface area contributed by atoms with Crippen LogP contribution in [-0.2, 0) is 4.79 Å². The van der Waals surface area contributed by atoms with Gasteiger partial charge in [0, 0.05) is 25.0 Å². The van der Waals surface area contributed by atoms with E-state index in [0.717, 1.165) is 25.9 Å². The predicted octanol–water partition coefficient (Wildman–Crippen LogP) is 2.44. The molecule has 3 aliphatic rings. The molecule has 2 atom stereocenters. The first-order valence-electron chi connectivity index (χ1n) is 8.86. The fraction of sp³-hybridized carbons (Fsp3) is 0.667. The minimum absolute atomic E-state index is 0.0864. The van der Waals surface area contributed by atoms with Gasteiger partial charge in [-0.15, -0.1) is 0 Å². The van der Waals surface area contributed by atoms with Crippen molar-refractivity contribution in [1.82, 2.24) is 10.2 Å². The summed E-state index contributed by atoms with van der Waals surface area (Å²) < 4.78 is 4.94. The van der Waals surface area contributed by atoms with Gasteiger partial charge in [0.2, 0.25) is 5.91 Å². The van der Waals surface area contributed by atoms with Crippen molar-refractivity contribution in [2.45, 2.75) is 44.6 Å². The van der Waals surface area contributed by atoms with Gasteiger partial charge in [-0.2, -0.15) is 0 Å². The van der Waals surface area contributed by atoms with Crippen LogP contribution in [0.15, 0.2) is 23.0 Å². The van der Waals surface area contributed by atoms with Gasteiger partial charge in [0.25, 0.3) is 5.91 Å². The van der Waals surface area contributed by atoms with Crippen LogP contribution < -0.4 is 5.32 Å². The molecular formula is C18H24N2O3. The van der Waals surface area contributed by atoms with Gasteiger partial charge in [0.1, 0.15) is 6.26 Å². The normalized spacial score (nSPS) is 30.6. The molecule has 1 aromatic rings. The molecule has 23 heavy (non-hydrogen) atoms. The first-order chi connectivity index (χ1) is 11.2. The maximum atomic E-state index is 12.7. The highest BCUT2D eigenvalue weighted by atomic mass is 16.3. The van der Waals surface area contributed by atoms with Crippen molar-refractivity contribution >= 4 is 11.8 Å². The zero-order valence-electron chi connectivity index (χ0n) is 13.4. The summed E-state index contributed by atoms with van der Waals surface area (Å²) in [4.78, 5) is 26.7. The number of carbonyl (C=O) groups excluding carboxylic acids is 2. The molecule has 2 amide bonds. The number of amides is 2. The van der Waals surface area contributed by atoms with Crippen molar-refractivity contribution in [2.75, 3.05) is 13.1 Å². The second-order valence-electron chi connectivity index (χ2n) is 7.22. The third kappa shape index (κ3) is 2.89. The summed E-state index contributed by atoms with van der Waals surface area (Å²) in [6.45, 7) is 1.54. The highest BCUT2D eigenvalue weighted by Crippen LogP contribution is 2.56. The molecule has 0 aromatic carbocycles. The van der Waals surface area contributed by atoms with E-state index in [1.54, 1.807) is 6.07 Å². The summed E-state index contributed by atoms with van der Waals surface area (Å²) in [7, 11) is 0. The number of nitrogens with zero attached hydrogens (tertiary/aromatic N) is 1. The molecular weight excluding hydrogens is 292 g/mol. The molecule has 1 N–H and O–H groups in total. The van der Waals surface area contributed by atoms with Crippen LogP contribution in [-0.4, -0.2) is 35.8 Å². The zero-order chi connectivity index (χ0) is 15.8. The van der Waals surface area contributed by atoms with Gasteiger partial charge in [0.05, 0.1) is 11.8 Å². The largest absolute Gasteiger partial charge is 0.472 e. The molecule has 0 radical (unpaired) electrons. The molecule has 2 unspecified atom stereocenters. The van der Waals surface area contributed by atoms with E-state index in [-0.39, 0.29) is 11.9 Å². The molecule has 2 aliphatic carbocycles. The molecule has 5 nitrogen and oxygen atoms in total. The lowest BCUT2D eigenvalue weighted by molar-refractivity contribution is -0.134. The van der Waals surface area contributed by atoms with E-state index in [0.29, 0.717) is 29.2 Å². The Morgan fingerprint density at radius 2 is 1.78 bits per heavy atom. The molecule has 2 heterocycles. The standard InChI is InChI=1S/C18H24N2O3/c21-17(12-7-10-23-11-12)19-13-5-8-20(9-6-13)18(22)16-14-3-1-2-4-15(14)16/h7,10-11,13-16H,1-6,8-9H2,(H,19,21). The molecule has 5 heteroatoms. The van der Waals surface area contributed by atoms with Crippen molar-refractivity contribution in [1.29, 1.82) is 0 Å². The lowest BCUT2D eigenvalue weighted by Gasteiger charge is -2.32. The van der Waals surface area contributed by atoms with Crippen LogP contribution in [0.25, 0.3) is 0 Å². The third-order valence-corrected chi connectivity index (χ3v) is 5.87. The van der Waals surface area contributed by atoms with Gasteiger partial charge in [-0.3, -0.25) is 9.59 Å². The second-order valence-corrected chi connectivity index (χ2v) is 7.22. The molecule has 4 rings (SSSR count). The van der Waals surface area contributed by atoms with Gasteiger partial charge >= 0.3 is 0 Å². The SMILES string of the molecule is O=C(NC1CCN(C(=O)C2C3CCCCC32)CC1)c1ccoc1. The quantitative estimate of drug-likeness (QED) is 0.931. The average Bonchev–Trinajstić information content (AvgIpc) is 3.03. The van der Waals surface area contributed by atoms with Gasteiger partial charge in [0.15, 0.2) is 0 Å². The lowest BCUT2D eigenvalue weighted by Crippen LogP contribution is -2.47. The van der Waals surface area contributed by atoms with Crippen LogP contribution in [0, 0.1) is 17.8 Å². The Morgan fingerprint density at radius 1 is 1.09 bits per heavy atom. The van der Waals surface area contributed by atoms with Crippen molar-refractivity contribution in [3.63, 3.8) is 0 Å². The van der Waals surface area contributed by atoms with E-state index in [1.165, 1.54) is 38.2 Å². The first kappa shape index (κ1) is 14.8. The summed E-state index contributed by atoms with van der Waals surface area (Å²) in [5, 5.41) is 3.04. The fourth-order valence-corrected chi connectivity index (χ4v) is 4.48. The zero-order valence-corrected chi connectivity index (χ0v) is 13.4. The molecule has 0 bridgehead atoms. The van der Waals surface area contributed by atoms with Crippen molar-refractivity contribution < 1.29 is 14.0 Å². The fourth-order valence-electron chi connectivity index (χ4n) is 4.48. The molecule has 0 spiro atoms. The van der Waals surface area contributed by atoms with E-state index < -0.39 is 0 Å². The van der Waals surface area contributed by atoms with Gasteiger partial charge < -0.3 is 14.6 Å². The molecule has 1 aliphatic heterocycles. The number of rotatable bonds is 3. The van der Waals surface area contributed by atoms with Crippen LogP contribution in [0.4, 0.5) is 0 Å². The maximum absolute atomic E-state index is 12.7. The highest BCUT2D eigenvalue weighted by molar-refractivity contribution is 5.94. The topological polar surface area (TPSA) is 62.6 Å². The van der Waals surface area contributed by atoms with E-state index in [4.69, 9.17) is 4.42 Å². The number of fused-ring (bicyclic) bond motifs is 1. The third-order valence-electron chi connectivity index (χ3n) is 5.87. The van der Waals surface area contributed by atoms with Crippen molar-refractivity contribution in [3.05, 3.63) is 24.2 Å². The first-order valence-corrected chi connectivity index (χ1v) is 8.86. The van der Waals surface area contributed by atoms with Crippen molar-refractivity contribution in [2.24, 2.45) is 17.8 Å². The summed E-state index contributed by atoms with van der Waals surface area (Å²) in [5.41, 5.74) is 0.561. The second kappa shape index (κ2) is 6.02. The summed E-state index contributed by atoms with van der Waals surface area (Å²) in [5.74, 6) is 1.96. The minimum atomic E-state index is -0.0864. The highest BCUT2D eigenvalue weighted by Gasteiger charge is 2.55. The van der Waals surface area contributed by atoms with Crippen LogP contribution in [0.1, 0.15) is 48.9 Å². The monoisotopic (exact) mass is 316 g/mol.